The van der Waals surface area contributed by atoms with Crippen LogP contribution in [0.25, 0.3) is 16.6 Å². The summed E-state index contributed by atoms with van der Waals surface area (Å²) in [6.07, 6.45) is 9.86. The van der Waals surface area contributed by atoms with E-state index in [0.29, 0.717) is 42.3 Å². The van der Waals surface area contributed by atoms with E-state index in [-0.39, 0.29) is 23.9 Å². The van der Waals surface area contributed by atoms with E-state index in [1.54, 1.807) is 6.07 Å². The van der Waals surface area contributed by atoms with Gasteiger partial charge in [0.25, 0.3) is 17.4 Å². The number of piperazine rings is 2. The maximum absolute atomic E-state index is 15.4. The van der Waals surface area contributed by atoms with Gasteiger partial charge in [-0.05, 0) is 100 Å². The number of aliphatic imine (C=N–C) groups is 1. The molecule has 1 unspecified atom stereocenters. The van der Waals surface area contributed by atoms with Crippen molar-refractivity contribution in [3.8, 4) is 5.69 Å². The number of amides is 2. The first-order chi connectivity index (χ1) is 30.2. The third-order valence-electron chi connectivity index (χ3n) is 13.6. The SMILES string of the molecule is CCC/C=C/C(=N/C=C(\C)CN1CCN(c2ccc3c(c2)-n2c(nc(=O)c4c(Cl)cccc42)C3(C)C)CC12CC2)N1CCN(c2cc(F)c(C3CCC(=O)N(F)C3=O)c(F)c2)CC1. The average molecular weight is 881 g/mol. The molecule has 5 heterocycles. The molecule has 4 fully saturated rings. The highest BCUT2D eigenvalue weighted by molar-refractivity contribution is 6.35. The summed E-state index contributed by atoms with van der Waals surface area (Å²) in [4.78, 5) is 55.9. The number of hydrogen-bond acceptors (Lipinski definition) is 8. The summed E-state index contributed by atoms with van der Waals surface area (Å²) >= 11 is 6.54. The van der Waals surface area contributed by atoms with Gasteiger partial charge in [0.15, 0.2) is 0 Å². The van der Waals surface area contributed by atoms with Gasteiger partial charge in [0, 0.05) is 87.5 Å². The highest BCUT2D eigenvalue weighted by Crippen LogP contribution is 2.48. The minimum absolute atomic E-state index is 0.0789. The van der Waals surface area contributed by atoms with E-state index in [0.717, 1.165) is 91.6 Å². The van der Waals surface area contributed by atoms with Crippen LogP contribution in [0.2, 0.25) is 5.02 Å². The van der Waals surface area contributed by atoms with Crippen LogP contribution in [0.5, 0.6) is 0 Å². The van der Waals surface area contributed by atoms with Crippen molar-refractivity contribution in [3.63, 3.8) is 0 Å². The molecule has 11 nitrogen and oxygen atoms in total. The monoisotopic (exact) mass is 880 g/mol. The minimum atomic E-state index is -1.39. The van der Waals surface area contributed by atoms with Gasteiger partial charge in [-0.15, -0.1) is 5.12 Å². The van der Waals surface area contributed by atoms with Crippen LogP contribution in [0, 0.1) is 11.6 Å². The van der Waals surface area contributed by atoms with Crippen LogP contribution in [0.15, 0.2) is 82.2 Å². The van der Waals surface area contributed by atoms with E-state index in [1.807, 2.05) is 23.2 Å². The molecule has 3 saturated heterocycles. The minimum Gasteiger partial charge on any atom is -0.368 e. The summed E-state index contributed by atoms with van der Waals surface area (Å²) in [5.41, 5.74) is 4.39. The second-order valence-corrected chi connectivity index (χ2v) is 18.6. The van der Waals surface area contributed by atoms with Crippen LogP contribution in [-0.4, -0.2) is 100 Å². The van der Waals surface area contributed by atoms with Crippen molar-refractivity contribution < 1.29 is 22.9 Å². The van der Waals surface area contributed by atoms with Crippen molar-refractivity contribution >= 4 is 51.5 Å². The molecule has 4 aliphatic heterocycles. The number of allylic oxidation sites excluding steroid dienone is 1. The van der Waals surface area contributed by atoms with Gasteiger partial charge in [-0.3, -0.25) is 23.9 Å². The number of anilines is 2. The van der Waals surface area contributed by atoms with Crippen LogP contribution in [0.3, 0.4) is 0 Å². The smallest absolute Gasteiger partial charge is 0.282 e. The van der Waals surface area contributed by atoms with Gasteiger partial charge in [-0.2, -0.15) is 4.98 Å². The number of fused-ring (bicyclic) bond motifs is 5. The van der Waals surface area contributed by atoms with Crippen LogP contribution in [0.1, 0.15) is 89.1 Å². The second kappa shape index (κ2) is 16.6. The molecule has 330 valence electrons. The van der Waals surface area contributed by atoms with E-state index in [1.165, 1.54) is 12.1 Å². The van der Waals surface area contributed by atoms with Gasteiger partial charge in [0.2, 0.25) is 0 Å². The zero-order valence-electron chi connectivity index (χ0n) is 36.1. The predicted octanol–water partition coefficient (Wildman–Crippen LogP) is 8.21. The molecule has 63 heavy (non-hydrogen) atoms. The lowest BCUT2D eigenvalue weighted by atomic mass is 9.85. The van der Waals surface area contributed by atoms with Gasteiger partial charge in [-0.25, -0.2) is 13.8 Å². The maximum atomic E-state index is 15.4. The van der Waals surface area contributed by atoms with Crippen LogP contribution in [0.4, 0.5) is 24.6 Å². The zero-order chi connectivity index (χ0) is 44.4. The Kier molecular flexibility index (Phi) is 11.3. The van der Waals surface area contributed by atoms with Crippen molar-refractivity contribution in [2.24, 2.45) is 4.99 Å². The van der Waals surface area contributed by atoms with E-state index in [2.05, 4.69) is 82.3 Å². The van der Waals surface area contributed by atoms with E-state index in [9.17, 15) is 18.9 Å². The normalized spacial score (nSPS) is 21.3. The summed E-state index contributed by atoms with van der Waals surface area (Å²) in [5.74, 6) is -3.93. The summed E-state index contributed by atoms with van der Waals surface area (Å²) in [6, 6.07) is 14.6. The molecule has 15 heteroatoms. The number of unbranched alkanes of at least 4 members (excludes halogenated alkanes) is 1. The lowest BCUT2D eigenvalue weighted by Crippen LogP contribution is -2.55. The molecule has 2 amide bonds. The fourth-order valence-corrected chi connectivity index (χ4v) is 10.2. The van der Waals surface area contributed by atoms with E-state index < -0.39 is 45.5 Å². The highest BCUT2D eigenvalue weighted by Gasteiger charge is 2.51. The molecule has 4 aromatic rings. The third-order valence-corrected chi connectivity index (χ3v) is 13.9. The Bertz CT molecular complexity index is 2640. The number of piperidine rings is 1. The number of rotatable bonds is 9. The van der Waals surface area contributed by atoms with Crippen LogP contribution < -0.4 is 15.4 Å². The molecular formula is C48H52ClF3N8O3. The number of nitrogens with zero attached hydrogens (tertiary/aromatic N) is 8. The van der Waals surface area contributed by atoms with Gasteiger partial charge in [-0.1, -0.05) is 47.6 Å². The Morgan fingerprint density at radius 1 is 0.952 bits per heavy atom. The molecule has 1 aromatic heterocycles. The van der Waals surface area contributed by atoms with Crippen LogP contribution >= 0.6 is 11.6 Å². The molecule has 1 spiro atoms. The van der Waals surface area contributed by atoms with Gasteiger partial charge in [0.05, 0.1) is 32.9 Å². The second-order valence-electron chi connectivity index (χ2n) is 18.2. The van der Waals surface area contributed by atoms with Gasteiger partial charge >= 0.3 is 0 Å². The summed E-state index contributed by atoms with van der Waals surface area (Å²) in [7, 11) is 0. The molecule has 0 bridgehead atoms. The van der Waals surface area contributed by atoms with Crippen molar-refractivity contribution in [1.82, 2.24) is 24.5 Å². The van der Waals surface area contributed by atoms with Crippen molar-refractivity contribution in [3.05, 3.63) is 116 Å². The van der Waals surface area contributed by atoms with Crippen molar-refractivity contribution in [2.45, 2.75) is 83.1 Å². The molecular weight excluding hydrogens is 829 g/mol. The number of hydrogen-bond donors (Lipinski definition) is 0. The summed E-state index contributed by atoms with van der Waals surface area (Å²) in [5, 5.41) is 0.308. The average Bonchev–Trinajstić information content (AvgIpc) is 3.99. The number of aromatic nitrogens is 2. The Balaban J connectivity index is 0.872. The number of amidine groups is 1. The maximum Gasteiger partial charge on any atom is 0.282 e. The summed E-state index contributed by atoms with van der Waals surface area (Å²) < 4.78 is 46.9. The molecule has 3 aromatic carbocycles. The van der Waals surface area contributed by atoms with Crippen molar-refractivity contribution in [1.29, 1.82) is 0 Å². The number of carbonyl (C=O) groups excluding carboxylic acids is 2. The van der Waals surface area contributed by atoms with Crippen LogP contribution in [-0.2, 0) is 15.0 Å². The Morgan fingerprint density at radius 2 is 1.68 bits per heavy atom. The summed E-state index contributed by atoms with van der Waals surface area (Å²) in [6.45, 7) is 14.1. The number of carbonyl (C=O) groups is 2. The number of benzene rings is 3. The molecule has 0 N–H and O–H groups in total. The quantitative estimate of drug-likeness (QED) is 0.0719. The third kappa shape index (κ3) is 7.72. The van der Waals surface area contributed by atoms with Gasteiger partial charge in [0.1, 0.15) is 23.3 Å². The lowest BCUT2D eigenvalue weighted by Gasteiger charge is -2.43. The molecule has 0 radical (unpaired) electrons. The molecule has 1 saturated carbocycles. The zero-order valence-corrected chi connectivity index (χ0v) is 36.9. The van der Waals surface area contributed by atoms with Crippen molar-refractivity contribution in [2.75, 3.05) is 62.2 Å². The predicted molar refractivity (Wildman–Crippen MR) is 241 cm³/mol. The largest absolute Gasteiger partial charge is 0.368 e. The number of imide groups is 1. The fraction of sp³-hybridized carbons (Fsp3) is 0.438. The van der Waals surface area contributed by atoms with Gasteiger partial charge < -0.3 is 14.7 Å². The number of halogens is 4. The molecule has 5 aliphatic rings. The molecule has 9 rings (SSSR count). The first kappa shape index (κ1) is 42.8. The Labute approximate surface area is 370 Å². The Hall–Kier alpha value is -5.47. The Morgan fingerprint density at radius 3 is 2.40 bits per heavy atom. The highest BCUT2D eigenvalue weighted by atomic mass is 35.5. The first-order valence-electron chi connectivity index (χ1n) is 22.0. The van der Waals surface area contributed by atoms with E-state index >= 15 is 8.78 Å². The topological polar surface area (TPSA) is 97.6 Å². The molecule has 1 aliphatic carbocycles. The fourth-order valence-electron chi connectivity index (χ4n) is 9.94. The first-order valence-corrected chi connectivity index (χ1v) is 22.4. The lowest BCUT2D eigenvalue weighted by molar-refractivity contribution is -0.167. The molecule has 1 atom stereocenters. The van der Waals surface area contributed by atoms with E-state index in [4.69, 9.17) is 16.6 Å². The standard InChI is InChI=1S/C48H52ClF3N8O3/c1-5-6-7-11-40(56-20-18-55(19-21-56)32-24-36(50)42(37(51)25-32)33-13-15-41(61)60(52)45(33)63)53-27-30(2)28-58-23-22-57(29-48(58)16-17-48)31-12-14-34-39(26-31)59-38-10-8-9-35(49)43(38)44(62)54-46(59)47(34,3)4/h7-12,14,24-27,33H,5-6,13,15-23,28-29H2,1-4H3/b11-7+,30-27+,53-40-.